The normalized spacial score (nSPS) is 12.4. The number of amides is 1. The summed E-state index contributed by atoms with van der Waals surface area (Å²) in [6, 6.07) is 12.8. The first-order chi connectivity index (χ1) is 17.7. The van der Waals surface area contributed by atoms with Crippen molar-refractivity contribution in [2.45, 2.75) is 23.3 Å². The molecule has 0 aromatic heterocycles. The first-order valence-electron chi connectivity index (χ1n) is 10.9. The molecule has 0 aliphatic heterocycles. The van der Waals surface area contributed by atoms with E-state index in [0.29, 0.717) is 16.6 Å². The average Bonchev–Trinajstić information content (AvgIpc) is 2.85. The summed E-state index contributed by atoms with van der Waals surface area (Å²) in [5.74, 6) is -0.965. The second kappa shape index (κ2) is 9.74. The van der Waals surface area contributed by atoms with Crippen molar-refractivity contribution < 1.29 is 35.8 Å². The van der Waals surface area contributed by atoms with Crippen LogP contribution in [0.2, 0.25) is 0 Å². The van der Waals surface area contributed by atoms with Crippen LogP contribution in [0.4, 0.5) is 17.1 Å². The van der Waals surface area contributed by atoms with E-state index in [1.165, 1.54) is 55.3 Å². The van der Waals surface area contributed by atoms with Crippen LogP contribution in [0, 0.1) is 0 Å². The number of fused-ring (bicyclic) bond motifs is 2. The number of anilines is 1. The second-order valence-corrected chi connectivity index (χ2v) is 11.1. The quantitative estimate of drug-likeness (QED) is 0.199. The molecule has 0 unspecified atom stereocenters. The predicted octanol–water partition coefficient (Wildman–Crippen LogP) is 4.05. The second-order valence-electron chi connectivity index (χ2n) is 8.34. The van der Waals surface area contributed by atoms with Crippen molar-refractivity contribution in [3.8, 4) is 5.75 Å². The van der Waals surface area contributed by atoms with Crippen LogP contribution in [0.1, 0.15) is 12.5 Å². The first-order valence-corrected chi connectivity index (χ1v) is 13.8. The molecule has 1 amide bonds. The van der Waals surface area contributed by atoms with E-state index in [1.807, 2.05) is 0 Å². The van der Waals surface area contributed by atoms with E-state index in [4.69, 9.17) is 5.73 Å². The summed E-state index contributed by atoms with van der Waals surface area (Å²) in [6.45, 7) is 1.43. The van der Waals surface area contributed by atoms with E-state index in [9.17, 15) is 35.8 Å². The van der Waals surface area contributed by atoms with E-state index in [-0.39, 0.29) is 34.3 Å². The molecule has 5 N–H and O–H groups in total. The van der Waals surface area contributed by atoms with Crippen LogP contribution in [-0.2, 0) is 31.6 Å². The lowest BCUT2D eigenvalue weighted by Gasteiger charge is -2.16. The molecule has 0 radical (unpaired) electrons. The van der Waals surface area contributed by atoms with Crippen molar-refractivity contribution in [2.24, 2.45) is 16.0 Å². The van der Waals surface area contributed by atoms with Crippen LogP contribution >= 0.6 is 0 Å². The molecule has 38 heavy (non-hydrogen) atoms. The van der Waals surface area contributed by atoms with Gasteiger partial charge in [0.25, 0.3) is 20.2 Å². The Labute approximate surface area is 217 Å². The highest BCUT2D eigenvalue weighted by molar-refractivity contribution is 7.86. The Kier molecular flexibility index (Phi) is 6.94. The zero-order chi connectivity index (χ0) is 28.0. The molecule has 0 aliphatic carbocycles. The minimum atomic E-state index is -4.96. The van der Waals surface area contributed by atoms with Crippen molar-refractivity contribution in [3.63, 3.8) is 0 Å². The molecule has 4 aromatic carbocycles. The number of nitrogens with zero attached hydrogens (tertiary/aromatic N) is 3. The van der Waals surface area contributed by atoms with E-state index in [0.717, 1.165) is 6.07 Å². The molecule has 0 bridgehead atoms. The molecule has 0 saturated carbocycles. The Morgan fingerprint density at radius 3 is 2.21 bits per heavy atom. The number of phenols is 1. The lowest BCUT2D eigenvalue weighted by molar-refractivity contribution is -0.116. The van der Waals surface area contributed by atoms with Gasteiger partial charge in [0.15, 0.2) is 5.75 Å². The Bertz CT molecular complexity index is 1870. The molecular weight excluding hydrogens is 536 g/mol. The van der Waals surface area contributed by atoms with Gasteiger partial charge >= 0.3 is 0 Å². The van der Waals surface area contributed by atoms with Gasteiger partial charge in [-0.05, 0) is 46.7 Å². The first kappa shape index (κ1) is 27.1. The highest BCUT2D eigenvalue weighted by atomic mass is 32.2. The van der Waals surface area contributed by atoms with Gasteiger partial charge in [-0.2, -0.15) is 16.8 Å². The maximum atomic E-state index is 12.3. The number of aromatic hydroxyl groups is 1. The summed E-state index contributed by atoms with van der Waals surface area (Å²) in [7, 11) is -8.31. The zero-order valence-corrected chi connectivity index (χ0v) is 21.7. The van der Waals surface area contributed by atoms with Crippen molar-refractivity contribution >= 4 is 64.8 Å². The number of azo groups is 1. The predicted molar refractivity (Wildman–Crippen MR) is 140 cm³/mol. The summed E-state index contributed by atoms with van der Waals surface area (Å²) in [5, 5.41) is 19.3. The smallest absolute Gasteiger partial charge is 0.297 e. The highest BCUT2D eigenvalue weighted by Crippen LogP contribution is 2.43. The summed E-state index contributed by atoms with van der Waals surface area (Å²) in [6.07, 6.45) is 0. The van der Waals surface area contributed by atoms with E-state index in [2.05, 4.69) is 10.2 Å². The Morgan fingerprint density at radius 1 is 0.921 bits per heavy atom. The monoisotopic (exact) mass is 558 g/mol. The van der Waals surface area contributed by atoms with Gasteiger partial charge in [-0.15, -0.1) is 10.2 Å². The molecule has 0 aliphatic rings. The molecule has 4 rings (SSSR count). The molecule has 4 aromatic rings. The number of benzene rings is 4. The van der Waals surface area contributed by atoms with Crippen molar-refractivity contribution in [3.05, 3.63) is 60.2 Å². The third-order valence-corrected chi connectivity index (χ3v) is 7.80. The average molecular weight is 559 g/mol. The van der Waals surface area contributed by atoms with Crippen LogP contribution in [0.3, 0.4) is 0 Å². The van der Waals surface area contributed by atoms with E-state index < -0.39 is 41.5 Å². The van der Waals surface area contributed by atoms with Crippen molar-refractivity contribution in [1.82, 2.24) is 0 Å². The SMILES string of the molecule is CC(=O)N(C)c1ccc2c(O)c(N=Nc3ccc4c(CN)cccc4c3S(=O)(=O)O)c(S(=O)(=O)O)cc2c1. The van der Waals surface area contributed by atoms with Gasteiger partial charge in [0, 0.05) is 37.0 Å². The summed E-state index contributed by atoms with van der Waals surface area (Å²) in [5.41, 5.74) is 5.71. The summed E-state index contributed by atoms with van der Waals surface area (Å²) in [4.78, 5) is 11.6. The number of nitrogens with two attached hydrogens (primary N) is 1. The van der Waals surface area contributed by atoms with Crippen molar-refractivity contribution in [1.29, 1.82) is 0 Å². The standard InChI is InChI=1S/C24H22N4O8S2/c1-13(29)28(2)16-6-7-18-15(10-16)11-21(37(31,32)33)22(23(18)30)27-26-20-9-8-17-14(12-25)4-3-5-19(17)24(20)38(34,35)36/h3-11,30H,12,25H2,1-2H3,(H,31,32,33)(H,34,35,36). The Balaban J connectivity index is 1.97. The van der Waals surface area contributed by atoms with Crippen molar-refractivity contribution in [2.75, 3.05) is 11.9 Å². The maximum absolute atomic E-state index is 12.3. The lowest BCUT2D eigenvalue weighted by atomic mass is 10.0. The van der Waals surface area contributed by atoms with Crippen LogP contribution in [0.5, 0.6) is 5.75 Å². The summed E-state index contributed by atoms with van der Waals surface area (Å²) >= 11 is 0. The number of rotatable bonds is 6. The molecule has 0 spiro atoms. The molecule has 0 saturated heterocycles. The van der Waals surface area contributed by atoms with Crippen LogP contribution in [-0.4, -0.2) is 44.0 Å². The molecule has 14 heteroatoms. The highest BCUT2D eigenvalue weighted by Gasteiger charge is 2.24. The fourth-order valence-corrected chi connectivity index (χ4v) is 5.53. The zero-order valence-electron chi connectivity index (χ0n) is 20.0. The topological polar surface area (TPSA) is 200 Å². The largest absolute Gasteiger partial charge is 0.505 e. The van der Waals surface area contributed by atoms with Gasteiger partial charge in [0.1, 0.15) is 21.2 Å². The molecule has 12 nitrogen and oxygen atoms in total. The Morgan fingerprint density at radius 2 is 1.61 bits per heavy atom. The van der Waals surface area contributed by atoms with Crippen LogP contribution in [0.25, 0.3) is 21.5 Å². The minimum Gasteiger partial charge on any atom is -0.505 e. The van der Waals surface area contributed by atoms with Crippen LogP contribution in [0.15, 0.2) is 74.6 Å². The third kappa shape index (κ3) is 4.94. The maximum Gasteiger partial charge on any atom is 0.297 e. The molecule has 0 heterocycles. The fourth-order valence-electron chi connectivity index (χ4n) is 4.04. The van der Waals surface area contributed by atoms with Gasteiger partial charge in [-0.3, -0.25) is 13.9 Å². The van der Waals surface area contributed by atoms with Gasteiger partial charge in [0.05, 0.1) is 0 Å². The molecule has 0 fully saturated rings. The van der Waals surface area contributed by atoms with E-state index >= 15 is 0 Å². The minimum absolute atomic E-state index is 0.0930. The number of carbonyl (C=O) groups is 1. The van der Waals surface area contributed by atoms with E-state index in [1.54, 1.807) is 12.1 Å². The van der Waals surface area contributed by atoms with Gasteiger partial charge < -0.3 is 15.7 Å². The molecule has 198 valence electrons. The fraction of sp³-hybridized carbons (Fsp3) is 0.125. The summed E-state index contributed by atoms with van der Waals surface area (Å²) < 4.78 is 68.8. The van der Waals surface area contributed by atoms with Crippen LogP contribution < -0.4 is 10.6 Å². The number of carbonyl (C=O) groups excluding carboxylic acids is 1. The number of hydrogen-bond donors (Lipinski definition) is 4. The van der Waals surface area contributed by atoms with Gasteiger partial charge in [-0.1, -0.05) is 24.3 Å². The Hall–Kier alpha value is -3.95. The van der Waals surface area contributed by atoms with Gasteiger partial charge in [0.2, 0.25) is 5.91 Å². The number of hydrogen-bond acceptors (Lipinski definition) is 9. The lowest BCUT2D eigenvalue weighted by Crippen LogP contribution is -2.22. The number of phenolic OH excluding ortho intramolecular Hbond substituents is 1. The molecule has 0 atom stereocenters. The van der Waals surface area contributed by atoms with Gasteiger partial charge in [-0.25, -0.2) is 0 Å². The third-order valence-electron chi connectivity index (χ3n) is 5.99. The molecular formula is C24H22N4O8S2.